The van der Waals surface area contributed by atoms with Gasteiger partial charge in [-0.2, -0.15) is 0 Å². The number of halogens is 1. The molecule has 23 heavy (non-hydrogen) atoms. The third-order valence-corrected chi connectivity index (χ3v) is 4.18. The maximum atomic E-state index is 12.5. The molecule has 1 aromatic heterocycles. The Morgan fingerprint density at radius 1 is 1.30 bits per heavy atom. The number of amides is 1. The molecule has 3 rings (SSSR count). The van der Waals surface area contributed by atoms with Gasteiger partial charge in [-0.1, -0.05) is 25.3 Å². The molecule has 1 aliphatic carbocycles. The van der Waals surface area contributed by atoms with Crippen molar-refractivity contribution in [2.75, 3.05) is 5.32 Å². The molecule has 0 bridgehead atoms. The number of nitrogens with one attached hydrogen (secondary N) is 1. The first-order valence-corrected chi connectivity index (χ1v) is 7.70. The van der Waals surface area contributed by atoms with Gasteiger partial charge in [0.15, 0.2) is 0 Å². The lowest BCUT2D eigenvalue weighted by Gasteiger charge is -2.31. The monoisotopic (exact) mass is 335 g/mol. The number of carbonyl (C=O) groups excluding carboxylic acids is 1. The minimum absolute atomic E-state index is 0. The molecule has 1 heterocycles. The summed E-state index contributed by atoms with van der Waals surface area (Å²) in [4.78, 5) is 16.8. The average Bonchev–Trinajstić information content (AvgIpc) is 2.95. The van der Waals surface area contributed by atoms with Gasteiger partial charge in [0, 0.05) is 11.3 Å². The molecule has 1 aromatic carbocycles. The zero-order chi connectivity index (χ0) is 15.6. The summed E-state index contributed by atoms with van der Waals surface area (Å²) in [5, 5.41) is 2.94. The summed E-state index contributed by atoms with van der Waals surface area (Å²) in [6.45, 7) is 1.87. The van der Waals surface area contributed by atoms with E-state index in [-0.39, 0.29) is 18.3 Å². The minimum Gasteiger partial charge on any atom is -0.444 e. The van der Waals surface area contributed by atoms with Crippen molar-refractivity contribution in [2.45, 2.75) is 44.6 Å². The van der Waals surface area contributed by atoms with Crippen molar-refractivity contribution in [1.82, 2.24) is 4.98 Å². The van der Waals surface area contributed by atoms with Crippen LogP contribution in [0.2, 0.25) is 0 Å². The fourth-order valence-electron chi connectivity index (χ4n) is 2.88. The largest absolute Gasteiger partial charge is 0.444 e. The normalized spacial score (nSPS) is 16.4. The van der Waals surface area contributed by atoms with E-state index in [1.807, 2.05) is 31.2 Å². The van der Waals surface area contributed by atoms with Crippen LogP contribution in [-0.4, -0.2) is 16.4 Å². The van der Waals surface area contributed by atoms with Gasteiger partial charge in [-0.25, -0.2) is 4.98 Å². The summed E-state index contributed by atoms with van der Waals surface area (Å²) in [6, 6.07) is 7.48. The van der Waals surface area contributed by atoms with Gasteiger partial charge >= 0.3 is 0 Å². The SMILES string of the molecule is Cc1coc(-c2cccc(NC(=O)C3(N)CCCCC3)c2)n1.Cl. The molecule has 1 amide bonds. The number of aryl methyl sites for hydroxylation is 1. The van der Waals surface area contributed by atoms with Crippen LogP contribution in [0.4, 0.5) is 5.69 Å². The number of aromatic nitrogens is 1. The van der Waals surface area contributed by atoms with Gasteiger partial charge in [0.05, 0.1) is 11.2 Å². The first-order valence-electron chi connectivity index (χ1n) is 7.70. The van der Waals surface area contributed by atoms with E-state index in [0.717, 1.165) is 43.4 Å². The van der Waals surface area contributed by atoms with Gasteiger partial charge in [-0.15, -0.1) is 12.4 Å². The Labute approximate surface area is 142 Å². The van der Waals surface area contributed by atoms with Crippen LogP contribution in [0, 0.1) is 6.92 Å². The Morgan fingerprint density at radius 3 is 2.70 bits per heavy atom. The summed E-state index contributed by atoms with van der Waals surface area (Å²) in [6.07, 6.45) is 6.29. The lowest BCUT2D eigenvalue weighted by atomic mass is 9.82. The van der Waals surface area contributed by atoms with Gasteiger partial charge < -0.3 is 15.5 Å². The highest BCUT2D eigenvalue weighted by Crippen LogP contribution is 2.28. The van der Waals surface area contributed by atoms with E-state index in [4.69, 9.17) is 10.2 Å². The molecule has 1 aliphatic rings. The van der Waals surface area contributed by atoms with Gasteiger partial charge in [-0.05, 0) is 38.0 Å². The standard InChI is InChI=1S/C17H21N3O2.ClH/c1-12-11-22-15(19-12)13-6-5-7-14(10-13)20-16(21)17(18)8-3-2-4-9-17;/h5-7,10-11H,2-4,8-9,18H2,1H3,(H,20,21);1H. The molecule has 2 aromatic rings. The predicted molar refractivity (Wildman–Crippen MR) is 92.6 cm³/mol. The van der Waals surface area contributed by atoms with E-state index in [1.54, 1.807) is 6.26 Å². The van der Waals surface area contributed by atoms with E-state index >= 15 is 0 Å². The second kappa shape index (κ2) is 7.15. The number of nitrogens with two attached hydrogens (primary N) is 1. The van der Waals surface area contributed by atoms with E-state index in [1.165, 1.54) is 0 Å². The number of rotatable bonds is 3. The molecular weight excluding hydrogens is 314 g/mol. The minimum atomic E-state index is -0.742. The molecule has 0 unspecified atom stereocenters. The number of nitrogens with zero attached hydrogens (tertiary/aromatic N) is 1. The lowest BCUT2D eigenvalue weighted by molar-refractivity contribution is -0.122. The number of hydrogen-bond acceptors (Lipinski definition) is 4. The zero-order valence-electron chi connectivity index (χ0n) is 13.2. The van der Waals surface area contributed by atoms with Gasteiger partial charge in [-0.3, -0.25) is 4.79 Å². The second-order valence-corrected chi connectivity index (χ2v) is 6.05. The molecule has 0 aliphatic heterocycles. The fraction of sp³-hybridized carbons (Fsp3) is 0.412. The predicted octanol–water partition coefficient (Wildman–Crippen LogP) is 3.67. The molecule has 3 N–H and O–H groups in total. The van der Waals surface area contributed by atoms with Crippen molar-refractivity contribution in [1.29, 1.82) is 0 Å². The molecule has 0 saturated heterocycles. The van der Waals surface area contributed by atoms with Crippen LogP contribution in [0.3, 0.4) is 0 Å². The van der Waals surface area contributed by atoms with Crippen molar-refractivity contribution >= 4 is 24.0 Å². The first-order chi connectivity index (χ1) is 10.6. The Bertz CT molecular complexity index is 678. The highest BCUT2D eigenvalue weighted by Gasteiger charge is 2.35. The van der Waals surface area contributed by atoms with Crippen molar-refractivity contribution < 1.29 is 9.21 Å². The Morgan fingerprint density at radius 2 is 2.04 bits per heavy atom. The topological polar surface area (TPSA) is 81.2 Å². The molecule has 0 radical (unpaired) electrons. The third kappa shape index (κ3) is 3.92. The highest BCUT2D eigenvalue weighted by molar-refractivity contribution is 5.98. The summed E-state index contributed by atoms with van der Waals surface area (Å²) >= 11 is 0. The van der Waals surface area contributed by atoms with Crippen LogP contribution in [0.5, 0.6) is 0 Å². The van der Waals surface area contributed by atoms with Crippen molar-refractivity contribution in [2.24, 2.45) is 5.73 Å². The van der Waals surface area contributed by atoms with Crippen molar-refractivity contribution in [3.05, 3.63) is 36.2 Å². The Hall–Kier alpha value is -1.85. The van der Waals surface area contributed by atoms with E-state index in [0.29, 0.717) is 11.6 Å². The molecule has 5 nitrogen and oxygen atoms in total. The van der Waals surface area contributed by atoms with Gasteiger partial charge in [0.1, 0.15) is 6.26 Å². The van der Waals surface area contributed by atoms with Crippen LogP contribution >= 0.6 is 12.4 Å². The summed E-state index contributed by atoms with van der Waals surface area (Å²) in [5.41, 5.74) is 7.89. The third-order valence-electron chi connectivity index (χ3n) is 4.18. The Balaban J connectivity index is 0.00000192. The van der Waals surface area contributed by atoms with Gasteiger partial charge in [0.2, 0.25) is 11.8 Å². The fourth-order valence-corrected chi connectivity index (χ4v) is 2.88. The quantitative estimate of drug-likeness (QED) is 0.896. The molecule has 124 valence electrons. The van der Waals surface area contributed by atoms with Crippen LogP contribution in [-0.2, 0) is 4.79 Å². The number of oxazole rings is 1. The first kappa shape index (κ1) is 17.5. The smallest absolute Gasteiger partial charge is 0.244 e. The summed E-state index contributed by atoms with van der Waals surface area (Å²) < 4.78 is 5.40. The molecule has 1 fully saturated rings. The van der Waals surface area contributed by atoms with Crippen molar-refractivity contribution in [3.63, 3.8) is 0 Å². The Kier molecular flexibility index (Phi) is 5.44. The second-order valence-electron chi connectivity index (χ2n) is 6.05. The summed E-state index contributed by atoms with van der Waals surface area (Å²) in [5.74, 6) is 0.446. The molecule has 0 atom stereocenters. The number of carbonyl (C=O) groups is 1. The molecule has 6 heteroatoms. The average molecular weight is 336 g/mol. The number of benzene rings is 1. The maximum absolute atomic E-state index is 12.5. The van der Waals surface area contributed by atoms with Crippen molar-refractivity contribution in [3.8, 4) is 11.5 Å². The maximum Gasteiger partial charge on any atom is 0.244 e. The van der Waals surface area contributed by atoms with E-state index < -0.39 is 5.54 Å². The molecule has 1 saturated carbocycles. The highest BCUT2D eigenvalue weighted by atomic mass is 35.5. The molecular formula is C17H22ClN3O2. The number of anilines is 1. The zero-order valence-corrected chi connectivity index (χ0v) is 14.0. The van der Waals surface area contributed by atoms with Crippen LogP contribution in [0.25, 0.3) is 11.5 Å². The van der Waals surface area contributed by atoms with Gasteiger partial charge in [0.25, 0.3) is 0 Å². The number of hydrogen-bond donors (Lipinski definition) is 2. The van der Waals surface area contributed by atoms with Crippen LogP contribution in [0.15, 0.2) is 34.9 Å². The van der Waals surface area contributed by atoms with Crippen LogP contribution < -0.4 is 11.1 Å². The van der Waals surface area contributed by atoms with E-state index in [9.17, 15) is 4.79 Å². The van der Waals surface area contributed by atoms with E-state index in [2.05, 4.69) is 10.3 Å². The lowest BCUT2D eigenvalue weighted by Crippen LogP contribution is -2.52. The van der Waals surface area contributed by atoms with Crippen LogP contribution in [0.1, 0.15) is 37.8 Å². The molecule has 0 spiro atoms. The summed E-state index contributed by atoms with van der Waals surface area (Å²) in [7, 11) is 0.